The van der Waals surface area contributed by atoms with Crippen molar-refractivity contribution in [3.05, 3.63) is 67.1 Å². The van der Waals surface area contributed by atoms with Crippen molar-refractivity contribution in [3.63, 3.8) is 0 Å². The number of benzene rings is 1. The maximum Gasteiger partial charge on any atom is 0.289 e. The van der Waals surface area contributed by atoms with Crippen molar-refractivity contribution < 1.29 is 10.0 Å². The van der Waals surface area contributed by atoms with E-state index in [0.717, 1.165) is 16.8 Å². The molecule has 0 aliphatic carbocycles. The number of pyridine rings is 1. The maximum absolute atomic E-state index is 12.2. The summed E-state index contributed by atoms with van der Waals surface area (Å²) in [4.78, 5) is 22.1. The van der Waals surface area contributed by atoms with Crippen molar-refractivity contribution in [2.75, 3.05) is 0 Å². The molecule has 0 atom stereocenters. The average Bonchev–Trinajstić information content (AvgIpc) is 2.48. The van der Waals surface area contributed by atoms with Crippen LogP contribution in [-0.2, 0) is 0 Å². The first-order valence-electron chi connectivity index (χ1n) is 6.48. The van der Waals surface area contributed by atoms with Gasteiger partial charge < -0.3 is 5.11 Å². The van der Waals surface area contributed by atoms with Gasteiger partial charge in [0.2, 0.25) is 0 Å². The Morgan fingerprint density at radius 1 is 1.35 bits per heavy atom. The zero-order chi connectivity index (χ0) is 17.1. The number of hydrogen-bond donors (Lipinski definition) is 0. The van der Waals surface area contributed by atoms with E-state index < -0.39 is 21.9 Å². The number of aromatic nitrogens is 1. The number of nitrogens with zero attached hydrogens (tertiary/aromatic N) is 4. The summed E-state index contributed by atoms with van der Waals surface area (Å²) in [7, 11) is 0. The normalized spacial score (nSPS) is 10.7. The third kappa shape index (κ3) is 3.08. The van der Waals surface area contributed by atoms with Crippen molar-refractivity contribution in [1.82, 2.24) is 4.68 Å². The molecule has 1 aromatic heterocycles. The molecule has 2 rings (SSSR count). The van der Waals surface area contributed by atoms with Crippen LogP contribution in [0.25, 0.3) is 0 Å². The Morgan fingerprint density at radius 2 is 2.04 bits per heavy atom. The second kappa shape index (κ2) is 6.11. The van der Waals surface area contributed by atoms with Gasteiger partial charge in [0.1, 0.15) is 11.6 Å². The fourth-order valence-electron chi connectivity index (χ4n) is 2.04. The smallest absolute Gasteiger partial charge is 0.289 e. The number of aryl methyl sites for hydroxylation is 2. The fraction of sp³-hybridized carbons (Fsp3) is 0.133. The van der Waals surface area contributed by atoms with Crippen molar-refractivity contribution in [1.29, 1.82) is 5.26 Å². The molecule has 0 fully saturated rings. The molecule has 0 unspecified atom stereocenters. The Kier molecular flexibility index (Phi) is 4.23. The van der Waals surface area contributed by atoms with Gasteiger partial charge in [0.15, 0.2) is 0 Å². The van der Waals surface area contributed by atoms with E-state index >= 15 is 0 Å². The molecule has 8 nitrogen and oxygen atoms in total. The third-order valence-corrected chi connectivity index (χ3v) is 3.17. The predicted octanol–water partition coefficient (Wildman–Crippen LogP) is 1.20. The van der Waals surface area contributed by atoms with Crippen LogP contribution in [-0.4, -0.2) is 15.8 Å². The first-order chi connectivity index (χ1) is 10.8. The standard InChI is InChI=1S/C15H12N4O4/c1-9-5-10(2)18(15(21)12(9)7-16)17-8-11-3-4-14(20)13(6-11)19(22)23/h3-6,8,20H,1-2H3/p-1/b17-8-. The van der Waals surface area contributed by atoms with Gasteiger partial charge >= 0.3 is 0 Å². The van der Waals surface area contributed by atoms with E-state index in [9.17, 15) is 20.0 Å². The van der Waals surface area contributed by atoms with E-state index in [0.29, 0.717) is 16.8 Å². The van der Waals surface area contributed by atoms with Gasteiger partial charge in [-0.2, -0.15) is 10.4 Å². The quantitative estimate of drug-likeness (QED) is 0.478. The number of rotatable bonds is 3. The summed E-state index contributed by atoms with van der Waals surface area (Å²) < 4.78 is 1.03. The van der Waals surface area contributed by atoms with Crippen LogP contribution >= 0.6 is 0 Å². The van der Waals surface area contributed by atoms with Gasteiger partial charge in [-0.15, -0.1) is 0 Å². The van der Waals surface area contributed by atoms with Gasteiger partial charge in [-0.3, -0.25) is 14.9 Å². The van der Waals surface area contributed by atoms with E-state index in [1.165, 1.54) is 12.3 Å². The highest BCUT2D eigenvalue weighted by Gasteiger charge is 2.10. The predicted molar refractivity (Wildman–Crippen MR) is 80.4 cm³/mol. The van der Waals surface area contributed by atoms with E-state index in [1.807, 2.05) is 6.07 Å². The van der Waals surface area contributed by atoms with Crippen LogP contribution in [0, 0.1) is 35.3 Å². The first-order valence-corrected chi connectivity index (χ1v) is 6.48. The van der Waals surface area contributed by atoms with Gasteiger partial charge in [0.05, 0.1) is 11.1 Å². The van der Waals surface area contributed by atoms with Gasteiger partial charge in [-0.25, -0.2) is 4.68 Å². The van der Waals surface area contributed by atoms with Crippen molar-refractivity contribution in [2.24, 2.45) is 5.10 Å². The number of nitro groups is 1. The highest BCUT2D eigenvalue weighted by atomic mass is 16.6. The zero-order valence-corrected chi connectivity index (χ0v) is 12.3. The number of nitro benzene ring substituents is 1. The molecule has 0 amide bonds. The largest absolute Gasteiger partial charge is 0.868 e. The summed E-state index contributed by atoms with van der Waals surface area (Å²) in [5, 5.41) is 35.0. The van der Waals surface area contributed by atoms with Gasteiger partial charge in [0.25, 0.3) is 11.2 Å². The van der Waals surface area contributed by atoms with Crippen LogP contribution in [0.2, 0.25) is 0 Å². The molecule has 0 spiro atoms. The van der Waals surface area contributed by atoms with Crippen LogP contribution in [0.15, 0.2) is 34.2 Å². The number of hydrogen-bond acceptors (Lipinski definition) is 6. The molecular formula is C15H11N4O4-. The third-order valence-electron chi connectivity index (χ3n) is 3.17. The second-order valence-corrected chi connectivity index (χ2v) is 4.80. The molecule has 0 saturated heterocycles. The van der Waals surface area contributed by atoms with Crippen LogP contribution < -0.4 is 10.7 Å². The summed E-state index contributed by atoms with van der Waals surface area (Å²) in [6, 6.07) is 6.96. The molecule has 0 aliphatic rings. The molecule has 0 bridgehead atoms. The summed E-state index contributed by atoms with van der Waals surface area (Å²) in [5.74, 6) is -0.706. The Bertz CT molecular complexity index is 922. The zero-order valence-electron chi connectivity index (χ0n) is 12.3. The first kappa shape index (κ1) is 15.9. The number of nitriles is 1. The molecule has 1 heterocycles. The summed E-state index contributed by atoms with van der Waals surface area (Å²) in [6.45, 7) is 3.30. The van der Waals surface area contributed by atoms with Gasteiger partial charge in [0, 0.05) is 17.3 Å². The van der Waals surface area contributed by atoms with E-state index in [-0.39, 0.29) is 5.56 Å². The van der Waals surface area contributed by atoms with Crippen molar-refractivity contribution in [3.8, 4) is 11.8 Å². The Balaban J connectivity index is 2.50. The molecule has 0 saturated carbocycles. The highest BCUT2D eigenvalue weighted by Crippen LogP contribution is 2.22. The van der Waals surface area contributed by atoms with Crippen molar-refractivity contribution in [2.45, 2.75) is 13.8 Å². The van der Waals surface area contributed by atoms with E-state index in [1.54, 1.807) is 19.9 Å². The minimum Gasteiger partial charge on any atom is -0.868 e. The van der Waals surface area contributed by atoms with Gasteiger partial charge in [-0.05, 0) is 31.2 Å². The van der Waals surface area contributed by atoms with Crippen LogP contribution in [0.4, 0.5) is 5.69 Å². The Labute approximate surface area is 130 Å². The SMILES string of the molecule is Cc1cc(C)n(/N=C\c2ccc([O-])c([N+](=O)[O-])c2)c(=O)c1C#N. The molecule has 8 heteroatoms. The lowest BCUT2D eigenvalue weighted by Crippen LogP contribution is -2.22. The Morgan fingerprint density at radius 3 is 2.65 bits per heavy atom. The molecular weight excluding hydrogens is 300 g/mol. The summed E-state index contributed by atoms with van der Waals surface area (Å²) >= 11 is 0. The lowest BCUT2D eigenvalue weighted by Gasteiger charge is -2.07. The second-order valence-electron chi connectivity index (χ2n) is 4.80. The monoisotopic (exact) mass is 311 g/mol. The summed E-state index contributed by atoms with van der Waals surface area (Å²) in [6.07, 6.45) is 1.22. The van der Waals surface area contributed by atoms with Crippen LogP contribution in [0.3, 0.4) is 0 Å². The molecule has 116 valence electrons. The lowest BCUT2D eigenvalue weighted by molar-refractivity contribution is -0.398. The van der Waals surface area contributed by atoms with Gasteiger partial charge in [-0.1, -0.05) is 12.1 Å². The average molecular weight is 311 g/mol. The molecule has 2 aromatic rings. The minimum atomic E-state index is -0.781. The van der Waals surface area contributed by atoms with E-state index in [2.05, 4.69) is 5.10 Å². The molecule has 1 aromatic carbocycles. The molecule has 23 heavy (non-hydrogen) atoms. The van der Waals surface area contributed by atoms with Crippen LogP contribution in [0.5, 0.6) is 5.75 Å². The van der Waals surface area contributed by atoms with Crippen molar-refractivity contribution >= 4 is 11.9 Å². The topological polar surface area (TPSA) is 124 Å². The highest BCUT2D eigenvalue weighted by molar-refractivity contribution is 5.81. The lowest BCUT2D eigenvalue weighted by atomic mass is 10.1. The fourth-order valence-corrected chi connectivity index (χ4v) is 2.04. The Hall–Kier alpha value is -3.47. The molecule has 0 N–H and O–H groups in total. The maximum atomic E-state index is 12.2. The molecule has 0 aliphatic heterocycles. The van der Waals surface area contributed by atoms with Crippen LogP contribution in [0.1, 0.15) is 22.4 Å². The minimum absolute atomic E-state index is 0.0198. The molecule has 0 radical (unpaired) electrons. The van der Waals surface area contributed by atoms with E-state index in [4.69, 9.17) is 5.26 Å². The summed E-state index contributed by atoms with van der Waals surface area (Å²) in [5.41, 5.74) is 0.191.